The maximum absolute atomic E-state index is 13.9. The molecule has 0 radical (unpaired) electrons. The lowest BCUT2D eigenvalue weighted by Gasteiger charge is -2.39. The first-order chi connectivity index (χ1) is 14.9. The fourth-order valence-corrected chi connectivity index (χ4v) is 5.47. The van der Waals surface area contributed by atoms with Crippen LogP contribution >= 0.6 is 0 Å². The van der Waals surface area contributed by atoms with Gasteiger partial charge in [0.2, 0.25) is 0 Å². The number of likely N-dealkylation sites (tertiary alicyclic amines) is 2. The number of carbonyl (C=O) groups excluding carboxylic acids is 1. The number of fused-ring (bicyclic) bond motifs is 1. The van der Waals surface area contributed by atoms with Crippen molar-refractivity contribution in [3.8, 4) is 0 Å². The number of anilines is 1. The van der Waals surface area contributed by atoms with E-state index in [9.17, 15) is 9.18 Å². The molecule has 2 amide bonds. The first kappa shape index (κ1) is 20.4. The quantitative estimate of drug-likeness (QED) is 0.737. The van der Waals surface area contributed by atoms with Gasteiger partial charge < -0.3 is 4.90 Å². The Morgan fingerprint density at radius 3 is 2.52 bits per heavy atom. The van der Waals surface area contributed by atoms with Gasteiger partial charge in [-0.1, -0.05) is 13.8 Å². The van der Waals surface area contributed by atoms with E-state index >= 15 is 0 Å². The molecule has 5 rings (SSSR count). The van der Waals surface area contributed by atoms with Crippen LogP contribution in [0.3, 0.4) is 0 Å². The van der Waals surface area contributed by atoms with Crippen LogP contribution in [0.1, 0.15) is 44.5 Å². The van der Waals surface area contributed by atoms with Gasteiger partial charge in [-0.25, -0.2) is 9.18 Å². The van der Waals surface area contributed by atoms with Crippen LogP contribution in [0.2, 0.25) is 0 Å². The molecule has 2 fully saturated rings. The maximum Gasteiger partial charge on any atom is 0.324 e. The zero-order chi connectivity index (χ0) is 21.6. The van der Waals surface area contributed by atoms with E-state index in [1.54, 1.807) is 12.3 Å². The predicted molar refractivity (Wildman–Crippen MR) is 117 cm³/mol. The summed E-state index contributed by atoms with van der Waals surface area (Å²) in [5, 5.41) is 0. The number of amides is 2. The Bertz CT molecular complexity index is 985. The fourth-order valence-electron chi connectivity index (χ4n) is 5.47. The average molecular weight is 424 g/mol. The minimum absolute atomic E-state index is 0.106. The van der Waals surface area contributed by atoms with E-state index in [1.165, 1.54) is 6.07 Å². The number of hydrogen-bond acceptors (Lipinski definition) is 4. The van der Waals surface area contributed by atoms with Crippen molar-refractivity contribution in [2.24, 2.45) is 5.41 Å². The van der Waals surface area contributed by atoms with Gasteiger partial charge in [0.15, 0.2) is 0 Å². The highest BCUT2D eigenvalue weighted by atomic mass is 19.1. The number of hydrogen-bond donors (Lipinski definition) is 0. The minimum Gasteiger partial charge on any atom is -0.324 e. The molecule has 2 aromatic rings. The number of nitrogens with zero attached hydrogens (tertiary/aromatic N) is 5. The zero-order valence-corrected chi connectivity index (χ0v) is 18.4. The third-order valence-electron chi connectivity index (χ3n) is 7.34. The van der Waals surface area contributed by atoms with Crippen molar-refractivity contribution >= 4 is 11.7 Å². The van der Waals surface area contributed by atoms with Crippen LogP contribution in [-0.2, 0) is 12.0 Å². The lowest BCUT2D eigenvalue weighted by molar-refractivity contribution is 0.104. The normalized spacial score (nSPS) is 22.2. The largest absolute Gasteiger partial charge is 0.324 e. The summed E-state index contributed by atoms with van der Waals surface area (Å²) in [4.78, 5) is 28.4. The van der Waals surface area contributed by atoms with E-state index < -0.39 is 0 Å². The third kappa shape index (κ3) is 3.69. The van der Waals surface area contributed by atoms with E-state index in [4.69, 9.17) is 0 Å². The Hall–Kier alpha value is -2.54. The van der Waals surface area contributed by atoms with E-state index in [0.29, 0.717) is 18.8 Å². The first-order valence-corrected chi connectivity index (χ1v) is 11.2. The minimum atomic E-state index is -0.233. The molecule has 5 heterocycles. The summed E-state index contributed by atoms with van der Waals surface area (Å²) in [6.07, 6.45) is 6.58. The Kier molecular flexibility index (Phi) is 4.96. The van der Waals surface area contributed by atoms with Crippen molar-refractivity contribution in [2.45, 2.75) is 45.1 Å². The highest BCUT2D eigenvalue weighted by molar-refractivity contribution is 5.94. The van der Waals surface area contributed by atoms with Crippen molar-refractivity contribution in [1.82, 2.24) is 19.8 Å². The molecule has 0 N–H and O–H groups in total. The molecule has 3 aliphatic heterocycles. The number of aromatic nitrogens is 2. The van der Waals surface area contributed by atoms with Crippen LogP contribution in [0, 0.1) is 11.2 Å². The molecule has 0 atom stereocenters. The van der Waals surface area contributed by atoms with E-state index in [-0.39, 0.29) is 22.7 Å². The van der Waals surface area contributed by atoms with Crippen molar-refractivity contribution in [3.63, 3.8) is 0 Å². The summed E-state index contributed by atoms with van der Waals surface area (Å²) in [7, 11) is 0. The van der Waals surface area contributed by atoms with Gasteiger partial charge in [-0.2, -0.15) is 0 Å². The number of carbonyl (C=O) groups is 1. The van der Waals surface area contributed by atoms with E-state index in [0.717, 1.165) is 56.8 Å². The summed E-state index contributed by atoms with van der Waals surface area (Å²) in [5.74, 6) is -0.233. The Morgan fingerprint density at radius 1 is 1.03 bits per heavy atom. The molecule has 7 heteroatoms. The number of pyridine rings is 2. The van der Waals surface area contributed by atoms with Gasteiger partial charge in [-0.15, -0.1) is 0 Å². The molecule has 164 valence electrons. The van der Waals surface area contributed by atoms with Crippen LogP contribution in [0.5, 0.6) is 0 Å². The van der Waals surface area contributed by atoms with Crippen LogP contribution in [-0.4, -0.2) is 58.5 Å². The Balaban J connectivity index is 1.22. The number of halogens is 1. The molecular formula is C24H30FN5O. The highest BCUT2D eigenvalue weighted by Gasteiger charge is 2.46. The SMILES string of the molecule is CC1(C)CN(C(=O)N2CCC3(CCN(Cc4ncccc4F)CC3)C2)c2cccnc21. The average Bonchev–Trinajstić information content (AvgIpc) is 3.30. The zero-order valence-electron chi connectivity index (χ0n) is 18.4. The number of piperidine rings is 1. The van der Waals surface area contributed by atoms with Crippen molar-refractivity contribution in [1.29, 1.82) is 0 Å². The molecule has 1 spiro atoms. The standard InChI is InChI=1S/C24H30FN5O/c1-23(2)16-30(20-6-4-11-27-21(20)23)22(31)29-14-9-24(17-29)7-12-28(13-8-24)15-19-18(25)5-3-10-26-19/h3-6,10-11H,7-9,12-17H2,1-2H3. The molecule has 31 heavy (non-hydrogen) atoms. The topological polar surface area (TPSA) is 52.6 Å². The van der Waals surface area contributed by atoms with Gasteiger partial charge in [0.25, 0.3) is 0 Å². The lowest BCUT2D eigenvalue weighted by Crippen LogP contribution is -2.46. The summed E-state index contributed by atoms with van der Waals surface area (Å²) >= 11 is 0. The van der Waals surface area contributed by atoms with Crippen molar-refractivity contribution in [3.05, 3.63) is 53.9 Å². The molecule has 0 saturated carbocycles. The number of rotatable bonds is 2. The summed E-state index contributed by atoms with van der Waals surface area (Å²) in [6.45, 7) is 8.98. The summed E-state index contributed by atoms with van der Waals surface area (Å²) in [6, 6.07) is 7.13. The van der Waals surface area contributed by atoms with Crippen LogP contribution in [0.25, 0.3) is 0 Å². The van der Waals surface area contributed by atoms with Gasteiger partial charge in [-0.3, -0.25) is 19.8 Å². The molecule has 0 aliphatic carbocycles. The molecule has 0 bridgehead atoms. The van der Waals surface area contributed by atoms with Crippen molar-refractivity contribution in [2.75, 3.05) is 37.6 Å². The molecule has 3 aliphatic rings. The molecule has 6 nitrogen and oxygen atoms in total. The summed E-state index contributed by atoms with van der Waals surface area (Å²) < 4.78 is 13.9. The molecule has 0 aromatic carbocycles. The molecule has 0 unspecified atom stereocenters. The van der Waals surface area contributed by atoms with E-state index in [1.807, 2.05) is 28.1 Å². The maximum atomic E-state index is 13.9. The Labute approximate surface area is 183 Å². The van der Waals surface area contributed by atoms with Gasteiger partial charge in [-0.05, 0) is 62.0 Å². The third-order valence-corrected chi connectivity index (χ3v) is 7.34. The first-order valence-electron chi connectivity index (χ1n) is 11.2. The predicted octanol–water partition coefficient (Wildman–Crippen LogP) is 3.82. The van der Waals surface area contributed by atoms with Crippen molar-refractivity contribution < 1.29 is 9.18 Å². The van der Waals surface area contributed by atoms with Crippen LogP contribution < -0.4 is 4.90 Å². The molecule has 2 saturated heterocycles. The molecule has 2 aromatic heterocycles. The second kappa shape index (κ2) is 7.55. The molecular weight excluding hydrogens is 393 g/mol. The highest BCUT2D eigenvalue weighted by Crippen LogP contribution is 2.43. The van der Waals surface area contributed by atoms with Crippen LogP contribution in [0.15, 0.2) is 36.7 Å². The lowest BCUT2D eigenvalue weighted by atomic mass is 9.78. The fraction of sp³-hybridized carbons (Fsp3) is 0.542. The summed E-state index contributed by atoms with van der Waals surface area (Å²) in [5.41, 5.74) is 2.53. The monoisotopic (exact) mass is 423 g/mol. The number of urea groups is 1. The Morgan fingerprint density at radius 2 is 1.74 bits per heavy atom. The van der Waals surface area contributed by atoms with E-state index in [2.05, 4.69) is 28.7 Å². The van der Waals surface area contributed by atoms with Gasteiger partial charge >= 0.3 is 6.03 Å². The second-order valence-corrected chi connectivity index (χ2v) is 10.0. The second-order valence-electron chi connectivity index (χ2n) is 10.0. The van der Waals surface area contributed by atoms with Gasteiger partial charge in [0, 0.05) is 44.0 Å². The smallest absolute Gasteiger partial charge is 0.324 e. The van der Waals surface area contributed by atoms with Gasteiger partial charge in [0.1, 0.15) is 5.82 Å². The van der Waals surface area contributed by atoms with Crippen LogP contribution in [0.4, 0.5) is 14.9 Å². The van der Waals surface area contributed by atoms with Gasteiger partial charge in [0.05, 0.1) is 17.1 Å².